The zero-order chi connectivity index (χ0) is 13.7. The number of rotatable bonds is 6. The molecule has 0 spiro atoms. The Kier molecular flexibility index (Phi) is 4.97. The summed E-state index contributed by atoms with van der Waals surface area (Å²) in [5, 5.41) is 8.97. The van der Waals surface area contributed by atoms with Gasteiger partial charge < -0.3 is 10.0 Å². The van der Waals surface area contributed by atoms with Crippen LogP contribution in [0.1, 0.15) is 30.9 Å². The maximum Gasteiger partial charge on any atom is 0.307 e. The van der Waals surface area contributed by atoms with Crippen molar-refractivity contribution in [1.29, 1.82) is 0 Å². The lowest BCUT2D eigenvalue weighted by Crippen LogP contribution is -2.25. The van der Waals surface area contributed by atoms with Crippen molar-refractivity contribution in [2.75, 3.05) is 19.6 Å². The molecule has 19 heavy (non-hydrogen) atoms. The van der Waals surface area contributed by atoms with Crippen molar-refractivity contribution in [3.8, 4) is 0 Å². The molecular weight excluding hydrogens is 238 g/mol. The van der Waals surface area contributed by atoms with Crippen molar-refractivity contribution in [1.82, 2.24) is 4.90 Å². The Hall–Kier alpha value is -1.35. The highest BCUT2D eigenvalue weighted by molar-refractivity contribution is 5.70. The molecule has 0 saturated carbocycles. The molecule has 1 heterocycles. The van der Waals surface area contributed by atoms with Crippen LogP contribution in [0.2, 0.25) is 0 Å². The quantitative estimate of drug-likeness (QED) is 0.855. The maximum absolute atomic E-state index is 10.9. The molecule has 0 aliphatic carbocycles. The molecule has 0 radical (unpaired) electrons. The first-order valence-electron chi connectivity index (χ1n) is 7.22. The number of carboxylic acid groups (broad SMARTS) is 1. The van der Waals surface area contributed by atoms with E-state index in [1.54, 1.807) is 0 Å². The van der Waals surface area contributed by atoms with Crippen molar-refractivity contribution in [2.45, 2.75) is 32.6 Å². The molecule has 3 heteroatoms. The van der Waals surface area contributed by atoms with Gasteiger partial charge in [0.15, 0.2) is 0 Å². The van der Waals surface area contributed by atoms with E-state index in [-0.39, 0.29) is 5.92 Å². The number of carboxylic acids is 1. The summed E-state index contributed by atoms with van der Waals surface area (Å²) in [4.78, 5) is 13.2. The highest BCUT2D eigenvalue weighted by Crippen LogP contribution is 2.17. The second-order valence-electron chi connectivity index (χ2n) is 5.44. The lowest BCUT2D eigenvalue weighted by molar-refractivity contribution is -0.141. The second kappa shape index (κ2) is 6.71. The Morgan fingerprint density at radius 2 is 1.89 bits per heavy atom. The summed E-state index contributed by atoms with van der Waals surface area (Å²) in [6.45, 7) is 4.80. The van der Waals surface area contributed by atoms with Crippen molar-refractivity contribution in [3.63, 3.8) is 0 Å². The lowest BCUT2D eigenvalue weighted by atomic mass is 10.1. The Labute approximate surface area is 115 Å². The molecule has 104 valence electrons. The molecule has 0 aromatic heterocycles. The summed E-state index contributed by atoms with van der Waals surface area (Å²) in [5.41, 5.74) is 2.75. The summed E-state index contributed by atoms with van der Waals surface area (Å²) in [5.74, 6) is -0.807. The first-order chi connectivity index (χ1) is 9.19. The van der Waals surface area contributed by atoms with Gasteiger partial charge in [0.1, 0.15) is 0 Å². The fourth-order valence-corrected chi connectivity index (χ4v) is 2.69. The highest BCUT2D eigenvalue weighted by Gasteiger charge is 2.27. The van der Waals surface area contributed by atoms with Crippen LogP contribution in [0.15, 0.2) is 24.3 Å². The molecular formula is C16H23NO2. The van der Waals surface area contributed by atoms with E-state index in [1.165, 1.54) is 17.5 Å². The third-order valence-electron chi connectivity index (χ3n) is 3.90. The molecule has 1 aliphatic heterocycles. The molecule has 1 atom stereocenters. The molecule has 1 aromatic carbocycles. The predicted molar refractivity (Wildman–Crippen MR) is 76.3 cm³/mol. The zero-order valence-corrected chi connectivity index (χ0v) is 11.6. The van der Waals surface area contributed by atoms with Crippen LogP contribution < -0.4 is 0 Å². The average Bonchev–Trinajstić information content (AvgIpc) is 2.87. The van der Waals surface area contributed by atoms with Gasteiger partial charge in [0.05, 0.1) is 5.92 Å². The molecule has 3 nitrogen and oxygen atoms in total. The number of hydrogen-bond donors (Lipinski definition) is 1. The van der Waals surface area contributed by atoms with Crippen LogP contribution in [-0.4, -0.2) is 35.6 Å². The van der Waals surface area contributed by atoms with Crippen LogP contribution in [0, 0.1) is 5.92 Å². The van der Waals surface area contributed by atoms with Crippen LogP contribution in [0.25, 0.3) is 0 Å². The third kappa shape index (κ3) is 4.06. The number of aliphatic carboxylic acids is 1. The number of likely N-dealkylation sites (tertiary alicyclic amines) is 1. The van der Waals surface area contributed by atoms with E-state index in [9.17, 15) is 4.79 Å². The molecule has 1 fully saturated rings. The van der Waals surface area contributed by atoms with E-state index in [4.69, 9.17) is 5.11 Å². The monoisotopic (exact) mass is 261 g/mol. The first-order valence-corrected chi connectivity index (χ1v) is 7.22. The minimum Gasteiger partial charge on any atom is -0.481 e. The van der Waals surface area contributed by atoms with Crippen LogP contribution in [-0.2, 0) is 17.6 Å². The van der Waals surface area contributed by atoms with Gasteiger partial charge in [-0.15, -0.1) is 0 Å². The van der Waals surface area contributed by atoms with Gasteiger partial charge in [-0.05, 0) is 36.9 Å². The van der Waals surface area contributed by atoms with Gasteiger partial charge in [0.25, 0.3) is 0 Å². The lowest BCUT2D eigenvalue weighted by Gasteiger charge is -2.15. The normalized spacial score (nSPS) is 19.7. The molecule has 1 aromatic rings. The van der Waals surface area contributed by atoms with E-state index in [0.717, 1.165) is 32.4 Å². The molecule has 0 bridgehead atoms. The Morgan fingerprint density at radius 1 is 1.26 bits per heavy atom. The molecule has 1 unspecified atom stereocenters. The van der Waals surface area contributed by atoms with Gasteiger partial charge in [-0.1, -0.05) is 37.6 Å². The van der Waals surface area contributed by atoms with Crippen molar-refractivity contribution in [2.24, 2.45) is 5.92 Å². The largest absolute Gasteiger partial charge is 0.481 e. The maximum atomic E-state index is 10.9. The van der Waals surface area contributed by atoms with Gasteiger partial charge >= 0.3 is 5.97 Å². The summed E-state index contributed by atoms with van der Waals surface area (Å²) in [6.07, 6.45) is 4.14. The topological polar surface area (TPSA) is 40.5 Å². The summed E-state index contributed by atoms with van der Waals surface area (Å²) >= 11 is 0. The van der Waals surface area contributed by atoms with E-state index < -0.39 is 5.97 Å². The smallest absolute Gasteiger partial charge is 0.307 e. The van der Waals surface area contributed by atoms with Gasteiger partial charge in [-0.25, -0.2) is 0 Å². The third-order valence-corrected chi connectivity index (χ3v) is 3.90. The van der Waals surface area contributed by atoms with Gasteiger partial charge in [-0.2, -0.15) is 0 Å². The summed E-state index contributed by atoms with van der Waals surface area (Å²) < 4.78 is 0. The molecule has 1 aliphatic rings. The number of hydrogen-bond acceptors (Lipinski definition) is 2. The standard InChI is InChI=1S/C16H23NO2/c1-2-3-13-4-6-14(7-5-13)8-10-17-11-9-15(12-17)16(18)19/h4-7,15H,2-3,8-12H2,1H3,(H,18,19). The van der Waals surface area contributed by atoms with Crippen molar-refractivity contribution in [3.05, 3.63) is 35.4 Å². The fourth-order valence-electron chi connectivity index (χ4n) is 2.69. The molecule has 1 saturated heterocycles. The average molecular weight is 261 g/mol. The van der Waals surface area contributed by atoms with Crippen LogP contribution in [0.3, 0.4) is 0 Å². The first kappa shape index (κ1) is 14.1. The Balaban J connectivity index is 1.78. The minimum absolute atomic E-state index is 0.160. The van der Waals surface area contributed by atoms with Gasteiger partial charge in [0, 0.05) is 13.1 Å². The van der Waals surface area contributed by atoms with Crippen LogP contribution in [0.5, 0.6) is 0 Å². The van der Waals surface area contributed by atoms with Crippen LogP contribution in [0.4, 0.5) is 0 Å². The number of aryl methyl sites for hydroxylation is 1. The highest BCUT2D eigenvalue weighted by atomic mass is 16.4. The number of carbonyl (C=O) groups is 1. The van der Waals surface area contributed by atoms with E-state index in [0.29, 0.717) is 6.54 Å². The Bertz CT molecular complexity index is 413. The number of benzene rings is 1. The fraction of sp³-hybridized carbons (Fsp3) is 0.562. The van der Waals surface area contributed by atoms with E-state index >= 15 is 0 Å². The molecule has 0 amide bonds. The molecule has 1 N–H and O–H groups in total. The van der Waals surface area contributed by atoms with Crippen LogP contribution >= 0.6 is 0 Å². The minimum atomic E-state index is -0.647. The summed E-state index contributed by atoms with van der Waals surface area (Å²) in [6, 6.07) is 8.83. The predicted octanol–water partition coefficient (Wildman–Crippen LogP) is 2.59. The van der Waals surface area contributed by atoms with Gasteiger partial charge in [-0.3, -0.25) is 4.79 Å². The SMILES string of the molecule is CCCc1ccc(CCN2CCC(C(=O)O)C2)cc1. The second-order valence-corrected chi connectivity index (χ2v) is 5.44. The number of nitrogens with zero attached hydrogens (tertiary/aromatic N) is 1. The zero-order valence-electron chi connectivity index (χ0n) is 11.6. The van der Waals surface area contributed by atoms with E-state index in [2.05, 4.69) is 36.1 Å². The van der Waals surface area contributed by atoms with Crippen molar-refractivity contribution >= 4 is 5.97 Å². The van der Waals surface area contributed by atoms with Gasteiger partial charge in [0.2, 0.25) is 0 Å². The molecule has 2 rings (SSSR count). The van der Waals surface area contributed by atoms with E-state index in [1.807, 2.05) is 0 Å². The van der Waals surface area contributed by atoms with Crippen molar-refractivity contribution < 1.29 is 9.90 Å². The Morgan fingerprint density at radius 3 is 2.42 bits per heavy atom. The summed E-state index contributed by atoms with van der Waals surface area (Å²) in [7, 11) is 0.